The fourth-order valence-electron chi connectivity index (χ4n) is 11.9. The SMILES string of the molecule is CC1(C)C2CC[C@]3(C)[C@H](C(=O)C=C4[C@H]5C[C@@](C)(C(=O)NCc6cc(-c7ccccc7Cl)no6)CC[C@]5(C)CC[C@]43C)[C@@]2(C)CC[C@@H]1O. The number of carbonyl (C=O) groups excluding carboxylic acids is 2. The van der Waals surface area contributed by atoms with Crippen molar-refractivity contribution in [3.05, 3.63) is 52.8 Å². The van der Waals surface area contributed by atoms with Crippen LogP contribution in [0.2, 0.25) is 5.02 Å². The molecule has 0 aliphatic heterocycles. The predicted molar refractivity (Wildman–Crippen MR) is 184 cm³/mol. The summed E-state index contributed by atoms with van der Waals surface area (Å²) in [5.41, 5.74) is 1.69. The third-order valence-electron chi connectivity index (χ3n) is 15.2. The van der Waals surface area contributed by atoms with Gasteiger partial charge in [-0.1, -0.05) is 89.0 Å². The summed E-state index contributed by atoms with van der Waals surface area (Å²) in [6.07, 6.45) is 10.2. The molecule has 5 aliphatic carbocycles. The summed E-state index contributed by atoms with van der Waals surface area (Å²) in [4.78, 5) is 28.6. The van der Waals surface area contributed by atoms with E-state index < -0.39 is 5.41 Å². The van der Waals surface area contributed by atoms with Crippen LogP contribution >= 0.6 is 11.6 Å². The van der Waals surface area contributed by atoms with Gasteiger partial charge in [-0.3, -0.25) is 9.59 Å². The summed E-state index contributed by atoms with van der Waals surface area (Å²) >= 11 is 6.36. The van der Waals surface area contributed by atoms with Crippen LogP contribution in [0.4, 0.5) is 0 Å². The van der Waals surface area contributed by atoms with Crippen LogP contribution in [-0.4, -0.2) is 28.1 Å². The van der Waals surface area contributed by atoms with Gasteiger partial charge in [0.1, 0.15) is 5.69 Å². The number of carbonyl (C=O) groups is 2. The molecule has 0 saturated heterocycles. The second kappa shape index (κ2) is 10.8. The molecule has 0 spiro atoms. The normalized spacial score (nSPS) is 42.3. The van der Waals surface area contributed by atoms with Gasteiger partial charge in [0.2, 0.25) is 5.91 Å². The van der Waals surface area contributed by atoms with Crippen LogP contribution in [0.15, 0.2) is 46.5 Å². The summed E-state index contributed by atoms with van der Waals surface area (Å²) in [7, 11) is 0. The number of amides is 1. The minimum atomic E-state index is -0.553. The number of nitrogens with one attached hydrogen (secondary N) is 1. The molecule has 2 N–H and O–H groups in total. The van der Waals surface area contributed by atoms with Crippen LogP contribution in [0.25, 0.3) is 11.3 Å². The second-order valence-electron chi connectivity index (χ2n) is 18.0. The lowest BCUT2D eigenvalue weighted by Gasteiger charge is -2.70. The minimum absolute atomic E-state index is 0.0327. The maximum absolute atomic E-state index is 14.6. The van der Waals surface area contributed by atoms with Gasteiger partial charge < -0.3 is 14.9 Å². The van der Waals surface area contributed by atoms with E-state index >= 15 is 0 Å². The van der Waals surface area contributed by atoms with Crippen LogP contribution in [0.1, 0.15) is 112 Å². The Labute approximate surface area is 285 Å². The van der Waals surface area contributed by atoms with E-state index in [1.807, 2.05) is 30.3 Å². The van der Waals surface area contributed by atoms with E-state index in [0.29, 0.717) is 28.2 Å². The van der Waals surface area contributed by atoms with Gasteiger partial charge in [-0.15, -0.1) is 0 Å². The molecule has 1 heterocycles. The summed E-state index contributed by atoms with van der Waals surface area (Å²) in [5.74, 6) is 1.37. The fraction of sp³-hybridized carbons (Fsp3) is 0.675. The summed E-state index contributed by atoms with van der Waals surface area (Å²) in [5, 5.41) is 19.0. The van der Waals surface area contributed by atoms with Crippen molar-refractivity contribution < 1.29 is 19.2 Å². The molecule has 7 heteroatoms. The summed E-state index contributed by atoms with van der Waals surface area (Å²) in [6.45, 7) is 16.5. The van der Waals surface area contributed by atoms with Crippen molar-refractivity contribution in [1.82, 2.24) is 10.5 Å². The molecule has 5 aliphatic rings. The Kier molecular flexibility index (Phi) is 7.59. The highest BCUT2D eigenvalue weighted by molar-refractivity contribution is 6.33. The molecule has 0 radical (unpaired) electrons. The first-order valence-corrected chi connectivity index (χ1v) is 18.3. The average molecular weight is 661 g/mol. The van der Waals surface area contributed by atoms with Gasteiger partial charge in [0.15, 0.2) is 11.5 Å². The Morgan fingerprint density at radius 1 is 1.00 bits per heavy atom. The average Bonchev–Trinajstić information content (AvgIpc) is 3.49. The fourth-order valence-corrected chi connectivity index (χ4v) is 12.2. The molecule has 47 heavy (non-hydrogen) atoms. The number of aliphatic hydroxyl groups excluding tert-OH is 1. The number of halogens is 1. The summed E-state index contributed by atoms with van der Waals surface area (Å²) in [6, 6.07) is 9.36. The van der Waals surface area contributed by atoms with E-state index in [0.717, 1.165) is 63.4 Å². The van der Waals surface area contributed by atoms with E-state index in [1.54, 1.807) is 0 Å². The molecule has 1 aromatic carbocycles. The number of hydrogen-bond donors (Lipinski definition) is 2. The van der Waals surface area contributed by atoms with Crippen molar-refractivity contribution in [2.45, 2.75) is 119 Å². The van der Waals surface area contributed by atoms with Crippen molar-refractivity contribution >= 4 is 23.3 Å². The predicted octanol–water partition coefficient (Wildman–Crippen LogP) is 8.95. The van der Waals surface area contributed by atoms with E-state index in [9.17, 15) is 14.7 Å². The zero-order valence-electron chi connectivity index (χ0n) is 29.3. The highest BCUT2D eigenvalue weighted by atomic mass is 35.5. The highest BCUT2D eigenvalue weighted by Crippen LogP contribution is 2.75. The standard InChI is InChI=1S/C40H53ClN2O4/c1-35(2)31-12-15-40(7)33(38(31,5)14-13-32(35)45)30(44)21-26-27-22-37(4,17-16-36(27,3)18-19-39(26,40)6)34(46)42-23-24-20-29(43-47-24)25-10-8-9-11-28(25)41/h8-11,20-21,27,31-33,45H,12-19,22-23H2,1-7H3,(H,42,46)/t27-,31?,32+,33-,36-,37+,38+,39-,40-/m1/s1. The van der Waals surface area contributed by atoms with Crippen molar-refractivity contribution in [3.63, 3.8) is 0 Å². The Balaban J connectivity index is 1.15. The number of nitrogens with zero attached hydrogens (tertiary/aromatic N) is 1. The molecular formula is C40H53ClN2O4. The number of rotatable bonds is 4. The summed E-state index contributed by atoms with van der Waals surface area (Å²) < 4.78 is 5.58. The zero-order valence-corrected chi connectivity index (χ0v) is 30.1. The first kappa shape index (κ1) is 33.1. The van der Waals surface area contributed by atoms with E-state index in [4.69, 9.17) is 16.1 Å². The van der Waals surface area contributed by atoms with Gasteiger partial charge in [0, 0.05) is 23.0 Å². The first-order chi connectivity index (χ1) is 22.0. The monoisotopic (exact) mass is 660 g/mol. The second-order valence-corrected chi connectivity index (χ2v) is 18.4. The Bertz CT molecular complexity index is 1650. The van der Waals surface area contributed by atoms with Crippen LogP contribution < -0.4 is 5.32 Å². The maximum atomic E-state index is 14.6. The van der Waals surface area contributed by atoms with Crippen LogP contribution in [0.3, 0.4) is 0 Å². The lowest BCUT2D eigenvalue weighted by Crippen LogP contribution is -2.66. The number of ketones is 1. The van der Waals surface area contributed by atoms with Gasteiger partial charge in [0.05, 0.1) is 17.7 Å². The number of fused-ring (bicyclic) bond motifs is 7. The van der Waals surface area contributed by atoms with E-state index in [1.165, 1.54) is 5.57 Å². The molecule has 7 rings (SSSR count). The molecule has 6 nitrogen and oxygen atoms in total. The van der Waals surface area contributed by atoms with Crippen molar-refractivity contribution in [3.8, 4) is 11.3 Å². The first-order valence-electron chi connectivity index (χ1n) is 17.9. The van der Waals surface area contributed by atoms with Gasteiger partial charge in [-0.2, -0.15) is 0 Å². The molecule has 1 aromatic heterocycles. The third-order valence-corrected chi connectivity index (χ3v) is 15.6. The zero-order chi connectivity index (χ0) is 33.8. The Morgan fingerprint density at radius 2 is 1.72 bits per heavy atom. The van der Waals surface area contributed by atoms with Gasteiger partial charge >= 0.3 is 0 Å². The third kappa shape index (κ3) is 4.70. The van der Waals surface area contributed by atoms with Crippen molar-refractivity contribution in [2.75, 3.05) is 0 Å². The molecule has 9 atom stereocenters. The van der Waals surface area contributed by atoms with Crippen molar-refractivity contribution in [2.24, 2.45) is 50.2 Å². The Hall–Kier alpha value is -2.44. The molecule has 4 fully saturated rings. The number of hydrogen-bond acceptors (Lipinski definition) is 5. The number of aliphatic hydroxyl groups is 1. The molecule has 1 amide bonds. The largest absolute Gasteiger partial charge is 0.393 e. The molecule has 4 saturated carbocycles. The molecule has 254 valence electrons. The highest BCUT2D eigenvalue weighted by Gasteiger charge is 2.70. The van der Waals surface area contributed by atoms with Crippen molar-refractivity contribution in [1.29, 1.82) is 0 Å². The van der Waals surface area contributed by atoms with Gasteiger partial charge in [-0.05, 0) is 109 Å². The molecule has 2 aromatic rings. The number of benzene rings is 1. The topological polar surface area (TPSA) is 92.4 Å². The minimum Gasteiger partial charge on any atom is -0.393 e. The number of aromatic nitrogens is 1. The molecule has 1 unspecified atom stereocenters. The van der Waals surface area contributed by atoms with Gasteiger partial charge in [-0.25, -0.2) is 0 Å². The lowest BCUT2D eigenvalue weighted by atomic mass is 9.33. The van der Waals surface area contributed by atoms with Gasteiger partial charge in [0.25, 0.3) is 0 Å². The van der Waals surface area contributed by atoms with Crippen LogP contribution in [0.5, 0.6) is 0 Å². The smallest absolute Gasteiger partial charge is 0.226 e. The quantitative estimate of drug-likeness (QED) is 0.342. The van der Waals surface area contributed by atoms with E-state index in [2.05, 4.69) is 65.0 Å². The lowest BCUT2D eigenvalue weighted by molar-refractivity contribution is -0.202. The van der Waals surface area contributed by atoms with Crippen LogP contribution in [0, 0.1) is 50.2 Å². The molecule has 0 bridgehead atoms. The van der Waals surface area contributed by atoms with E-state index in [-0.39, 0.29) is 57.5 Å². The Morgan fingerprint density at radius 3 is 2.47 bits per heavy atom. The van der Waals surface area contributed by atoms with Crippen LogP contribution in [-0.2, 0) is 16.1 Å². The molecular weight excluding hydrogens is 608 g/mol. The maximum Gasteiger partial charge on any atom is 0.226 e. The number of allylic oxidation sites excluding steroid dienone is 2.